The summed E-state index contributed by atoms with van der Waals surface area (Å²) in [6.45, 7) is 0. The molecule has 0 spiro atoms. The molecule has 0 atom stereocenters. The van der Waals surface area contributed by atoms with Crippen molar-refractivity contribution in [2.45, 2.75) is 0 Å². The molecule has 0 saturated heterocycles. The topological polar surface area (TPSA) is 82.5 Å². The van der Waals surface area contributed by atoms with Crippen LogP contribution in [0, 0.1) is 0 Å². The number of hydrogen-bond donors (Lipinski definition) is 0. The molecule has 4 heterocycles. The van der Waals surface area contributed by atoms with Gasteiger partial charge < -0.3 is 8.98 Å². The summed E-state index contributed by atoms with van der Waals surface area (Å²) in [5.41, 5.74) is 8.35. The molecule has 7 nitrogen and oxygen atoms in total. The lowest BCUT2D eigenvalue weighted by Crippen LogP contribution is -2.03. The maximum absolute atomic E-state index is 6.48. The molecule has 0 amide bonds. The van der Waals surface area contributed by atoms with Crippen LogP contribution in [-0.2, 0) is 0 Å². The van der Waals surface area contributed by atoms with E-state index in [0.717, 1.165) is 49.8 Å². The van der Waals surface area contributed by atoms with Gasteiger partial charge in [-0.25, -0.2) is 24.9 Å². The minimum atomic E-state index is 0.407. The zero-order valence-electron chi connectivity index (χ0n) is 26.6. The van der Waals surface area contributed by atoms with Crippen LogP contribution in [0.3, 0.4) is 0 Å². The molecular weight excluding hydrogens is 617 g/mol. The van der Waals surface area contributed by atoms with Crippen LogP contribution in [0.2, 0.25) is 0 Å². The quantitative estimate of drug-likeness (QED) is 0.186. The van der Waals surface area contributed by atoms with Crippen LogP contribution in [0.5, 0.6) is 0 Å². The van der Waals surface area contributed by atoms with E-state index in [1.807, 2.05) is 91.0 Å². The van der Waals surface area contributed by atoms with Crippen molar-refractivity contribution < 1.29 is 4.42 Å². The first-order valence-corrected chi connectivity index (χ1v) is 16.4. The van der Waals surface area contributed by atoms with Gasteiger partial charge in [0.25, 0.3) is 0 Å². The molecule has 0 aliphatic carbocycles. The van der Waals surface area contributed by atoms with Gasteiger partial charge in [0.15, 0.2) is 34.6 Å². The highest BCUT2D eigenvalue weighted by Crippen LogP contribution is 2.38. The summed E-state index contributed by atoms with van der Waals surface area (Å²) in [5.74, 6) is 2.05. The highest BCUT2D eigenvalue weighted by Gasteiger charge is 2.23. The number of hydrogen-bond acceptors (Lipinski definition) is 6. The lowest BCUT2D eigenvalue weighted by atomic mass is 10.1. The fourth-order valence-electron chi connectivity index (χ4n) is 6.75. The summed E-state index contributed by atoms with van der Waals surface area (Å²) in [4.78, 5) is 25.3. The Bertz CT molecular complexity index is 2810. The maximum Gasteiger partial charge on any atom is 0.186 e. The Balaban J connectivity index is 1.25. The zero-order valence-corrected chi connectivity index (χ0v) is 26.6. The van der Waals surface area contributed by atoms with Gasteiger partial charge in [-0.3, -0.25) is 0 Å². The normalized spacial score (nSPS) is 11.6. The molecule has 6 aromatic carbocycles. The van der Waals surface area contributed by atoms with E-state index in [1.54, 1.807) is 0 Å². The molecule has 7 heteroatoms. The van der Waals surface area contributed by atoms with Crippen LogP contribution in [0.4, 0.5) is 0 Å². The number of benzene rings is 6. The average Bonchev–Trinajstić information content (AvgIpc) is 3.74. The lowest BCUT2D eigenvalue weighted by molar-refractivity contribution is 0.666. The van der Waals surface area contributed by atoms with Gasteiger partial charge in [-0.05, 0) is 36.4 Å². The van der Waals surface area contributed by atoms with Crippen molar-refractivity contribution >= 4 is 43.9 Å². The zero-order chi connectivity index (χ0) is 33.0. The van der Waals surface area contributed by atoms with Crippen molar-refractivity contribution in [1.82, 2.24) is 29.5 Å². The first kappa shape index (κ1) is 28.1. The van der Waals surface area contributed by atoms with E-state index < -0.39 is 0 Å². The molecule has 0 bridgehead atoms. The van der Waals surface area contributed by atoms with Gasteiger partial charge in [0, 0.05) is 38.5 Å². The third-order valence-corrected chi connectivity index (χ3v) is 9.08. The summed E-state index contributed by atoms with van der Waals surface area (Å²) in [5, 5.41) is 3.23. The fourth-order valence-corrected chi connectivity index (χ4v) is 6.75. The molecule has 0 aliphatic rings. The van der Waals surface area contributed by atoms with Crippen molar-refractivity contribution in [1.29, 1.82) is 0 Å². The highest BCUT2D eigenvalue weighted by atomic mass is 16.3. The second-order valence-electron chi connectivity index (χ2n) is 12.1. The van der Waals surface area contributed by atoms with E-state index in [9.17, 15) is 0 Å². The Labute approximate surface area is 286 Å². The molecule has 234 valence electrons. The molecule has 4 aromatic heterocycles. The molecule has 0 unspecified atom stereocenters. The standard InChI is InChI=1S/C43H26N6O/c1-4-14-27(15-5-1)40-46-41(28-16-6-2-7-17-28)48-43(47-40)38-39-37(33-21-11-13-23-36(33)50-39)44-42(45-38)29-24-25-32-31-20-10-12-22-34(31)49(35(32)26-29)30-18-8-3-9-19-30/h1-26H. The number of rotatable bonds is 5. The molecule has 0 aliphatic heterocycles. The third-order valence-electron chi connectivity index (χ3n) is 9.08. The fraction of sp³-hybridized carbons (Fsp3) is 0. The number of nitrogens with zero attached hydrogens (tertiary/aromatic N) is 6. The van der Waals surface area contributed by atoms with Gasteiger partial charge in [-0.2, -0.15) is 0 Å². The second-order valence-corrected chi connectivity index (χ2v) is 12.1. The van der Waals surface area contributed by atoms with Gasteiger partial charge in [-0.1, -0.05) is 121 Å². The van der Waals surface area contributed by atoms with Crippen molar-refractivity contribution in [2.24, 2.45) is 0 Å². The van der Waals surface area contributed by atoms with Crippen LogP contribution < -0.4 is 0 Å². The largest absolute Gasteiger partial charge is 0.452 e. The summed E-state index contributed by atoms with van der Waals surface area (Å²) in [6.07, 6.45) is 0. The Morgan fingerprint density at radius 1 is 0.400 bits per heavy atom. The van der Waals surface area contributed by atoms with Gasteiger partial charge in [0.05, 0.1) is 11.0 Å². The average molecular weight is 643 g/mol. The van der Waals surface area contributed by atoms with Crippen LogP contribution in [0.15, 0.2) is 162 Å². The SMILES string of the molecule is c1ccc(-c2nc(-c3ccccc3)nc(-c3nc(-c4ccc5c6ccccc6n(-c6ccccc6)c5c4)nc4c3oc3ccccc34)n2)cc1. The number of furan rings is 1. The van der Waals surface area contributed by atoms with E-state index in [4.69, 9.17) is 29.3 Å². The number of para-hydroxylation sites is 3. The molecule has 10 rings (SSSR count). The maximum atomic E-state index is 6.48. The van der Waals surface area contributed by atoms with Crippen LogP contribution in [0.1, 0.15) is 0 Å². The highest BCUT2D eigenvalue weighted by molar-refractivity contribution is 6.10. The van der Waals surface area contributed by atoms with Gasteiger partial charge in [0.1, 0.15) is 11.1 Å². The van der Waals surface area contributed by atoms with Crippen molar-refractivity contribution in [2.75, 3.05) is 0 Å². The van der Waals surface area contributed by atoms with Crippen molar-refractivity contribution in [3.05, 3.63) is 158 Å². The summed E-state index contributed by atoms with van der Waals surface area (Å²) in [7, 11) is 0. The predicted octanol–water partition coefficient (Wildman–Crippen LogP) is 10.3. The third kappa shape index (κ3) is 4.56. The molecule has 50 heavy (non-hydrogen) atoms. The van der Waals surface area contributed by atoms with Crippen molar-refractivity contribution in [3.8, 4) is 51.4 Å². The minimum Gasteiger partial charge on any atom is -0.452 e. The van der Waals surface area contributed by atoms with Gasteiger partial charge in [0.2, 0.25) is 0 Å². The molecule has 0 N–H and O–H groups in total. The Morgan fingerprint density at radius 2 is 0.960 bits per heavy atom. The first-order chi connectivity index (χ1) is 24.8. The van der Waals surface area contributed by atoms with Crippen molar-refractivity contribution in [3.63, 3.8) is 0 Å². The van der Waals surface area contributed by atoms with Gasteiger partial charge in [-0.15, -0.1) is 0 Å². The predicted molar refractivity (Wildman–Crippen MR) is 199 cm³/mol. The van der Waals surface area contributed by atoms with Crippen LogP contribution in [-0.4, -0.2) is 29.5 Å². The lowest BCUT2D eigenvalue weighted by Gasteiger charge is -2.10. The minimum absolute atomic E-state index is 0.407. The second kappa shape index (κ2) is 11.3. The summed E-state index contributed by atoms with van der Waals surface area (Å²) in [6, 6.07) is 53.1. The monoisotopic (exact) mass is 642 g/mol. The van der Waals surface area contributed by atoms with E-state index >= 15 is 0 Å². The Hall–Kier alpha value is -6.99. The summed E-state index contributed by atoms with van der Waals surface area (Å²) < 4.78 is 8.77. The Morgan fingerprint density at radius 3 is 1.68 bits per heavy atom. The van der Waals surface area contributed by atoms with E-state index in [0.29, 0.717) is 40.1 Å². The van der Waals surface area contributed by atoms with Crippen LogP contribution in [0.25, 0.3) is 95.2 Å². The number of aromatic nitrogens is 6. The molecule has 10 aromatic rings. The molecule has 0 saturated carbocycles. The van der Waals surface area contributed by atoms with Crippen LogP contribution >= 0.6 is 0 Å². The summed E-state index contributed by atoms with van der Waals surface area (Å²) >= 11 is 0. The first-order valence-electron chi connectivity index (χ1n) is 16.4. The van der Waals surface area contributed by atoms with Gasteiger partial charge >= 0.3 is 0 Å². The molecular formula is C43H26N6O. The molecule has 0 fully saturated rings. The van der Waals surface area contributed by atoms with E-state index in [2.05, 4.69) is 71.3 Å². The number of fused-ring (bicyclic) bond motifs is 6. The Kier molecular flexibility index (Phi) is 6.35. The van der Waals surface area contributed by atoms with E-state index in [1.165, 1.54) is 5.39 Å². The van der Waals surface area contributed by atoms with E-state index in [-0.39, 0.29) is 0 Å². The molecule has 0 radical (unpaired) electrons. The smallest absolute Gasteiger partial charge is 0.186 e.